The van der Waals surface area contributed by atoms with Crippen molar-refractivity contribution in [3.05, 3.63) is 64.9 Å². The van der Waals surface area contributed by atoms with Gasteiger partial charge in [-0.05, 0) is 50.1 Å². The van der Waals surface area contributed by atoms with Crippen LogP contribution in [0.25, 0.3) is 11.0 Å². The van der Waals surface area contributed by atoms with Gasteiger partial charge in [-0.25, -0.2) is 4.99 Å². The van der Waals surface area contributed by atoms with Gasteiger partial charge in [0, 0.05) is 16.6 Å². The molecular weight excluding hydrogens is 413 g/mol. The van der Waals surface area contributed by atoms with Crippen LogP contribution >= 0.6 is 24.0 Å². The van der Waals surface area contributed by atoms with Gasteiger partial charge in [0.1, 0.15) is 17.9 Å². The molecule has 3 rings (SSSR count). The predicted octanol–water partition coefficient (Wildman–Crippen LogP) is 4.90. The van der Waals surface area contributed by atoms with Crippen molar-refractivity contribution in [3.8, 4) is 0 Å². The normalized spacial score (nSPS) is 11.4. The lowest BCUT2D eigenvalue weighted by molar-refractivity contribution is 0.549. The van der Waals surface area contributed by atoms with E-state index in [9.17, 15) is 0 Å². The van der Waals surface area contributed by atoms with Crippen molar-refractivity contribution in [2.24, 2.45) is 10.7 Å². The lowest BCUT2D eigenvalue weighted by Gasteiger charge is -2.07. The Hall–Kier alpha value is -2.02. The molecule has 0 aliphatic heterocycles. The minimum atomic E-state index is 0. The molecule has 0 saturated heterocycles. The highest BCUT2D eigenvalue weighted by molar-refractivity contribution is 14.0. The summed E-state index contributed by atoms with van der Waals surface area (Å²) in [6.45, 7) is 6.63. The van der Waals surface area contributed by atoms with E-state index in [0.717, 1.165) is 28.0 Å². The van der Waals surface area contributed by atoms with Crippen LogP contribution in [-0.4, -0.2) is 5.96 Å². The van der Waals surface area contributed by atoms with Crippen LogP contribution in [0.3, 0.4) is 0 Å². The number of rotatable bonds is 3. The third-order valence-corrected chi connectivity index (χ3v) is 4.11. The van der Waals surface area contributed by atoms with Gasteiger partial charge in [0.25, 0.3) is 0 Å². The molecule has 1 heterocycles. The average Bonchev–Trinajstić information content (AvgIpc) is 2.86. The molecule has 0 radical (unpaired) electrons. The standard InChI is InChI=1S/C19H21N3O.HI/c1-12-8-9-15(10-13(12)2)22-19(20)21-11-18-14(3)16-6-4-5-7-17(16)23-18;/h4-10H,11H2,1-3H3,(H3,20,21,22);1H. The molecule has 0 aliphatic rings. The molecule has 0 aliphatic carbocycles. The van der Waals surface area contributed by atoms with E-state index in [4.69, 9.17) is 10.2 Å². The highest BCUT2D eigenvalue weighted by atomic mass is 127. The molecule has 0 spiro atoms. The number of hydrogen-bond acceptors (Lipinski definition) is 2. The summed E-state index contributed by atoms with van der Waals surface area (Å²) in [4.78, 5) is 4.39. The molecule has 24 heavy (non-hydrogen) atoms. The van der Waals surface area contributed by atoms with E-state index in [0.29, 0.717) is 12.5 Å². The number of para-hydroxylation sites is 1. The lowest BCUT2D eigenvalue weighted by atomic mass is 10.1. The number of anilines is 1. The Balaban J connectivity index is 0.00000208. The number of nitrogens with zero attached hydrogens (tertiary/aromatic N) is 1. The summed E-state index contributed by atoms with van der Waals surface area (Å²) < 4.78 is 5.84. The van der Waals surface area contributed by atoms with E-state index < -0.39 is 0 Å². The zero-order valence-corrected chi connectivity index (χ0v) is 16.4. The first-order valence-electron chi connectivity index (χ1n) is 7.66. The number of nitrogens with one attached hydrogen (secondary N) is 1. The molecule has 3 aromatic rings. The third-order valence-electron chi connectivity index (χ3n) is 4.11. The Morgan fingerprint density at radius 1 is 1.08 bits per heavy atom. The number of guanidine groups is 1. The Morgan fingerprint density at radius 3 is 2.54 bits per heavy atom. The maximum absolute atomic E-state index is 5.98. The van der Waals surface area contributed by atoms with E-state index >= 15 is 0 Å². The summed E-state index contributed by atoms with van der Waals surface area (Å²) in [5.41, 5.74) is 11.4. The summed E-state index contributed by atoms with van der Waals surface area (Å²) in [5, 5.41) is 4.24. The second kappa shape index (κ2) is 7.70. The first-order valence-corrected chi connectivity index (χ1v) is 7.66. The van der Waals surface area contributed by atoms with Gasteiger partial charge in [0.05, 0.1) is 0 Å². The quantitative estimate of drug-likeness (QED) is 0.349. The second-order valence-electron chi connectivity index (χ2n) is 5.77. The fourth-order valence-electron chi connectivity index (χ4n) is 2.54. The number of nitrogens with two attached hydrogens (primary N) is 1. The van der Waals surface area contributed by atoms with Crippen LogP contribution in [0.4, 0.5) is 5.69 Å². The van der Waals surface area contributed by atoms with Gasteiger partial charge in [0.2, 0.25) is 0 Å². The van der Waals surface area contributed by atoms with Crippen LogP contribution in [-0.2, 0) is 6.54 Å². The van der Waals surface area contributed by atoms with E-state index in [1.54, 1.807) is 0 Å². The van der Waals surface area contributed by atoms with Crippen LogP contribution in [0, 0.1) is 20.8 Å². The van der Waals surface area contributed by atoms with Crippen molar-refractivity contribution in [1.29, 1.82) is 0 Å². The van der Waals surface area contributed by atoms with Gasteiger partial charge in [-0.1, -0.05) is 24.3 Å². The fourth-order valence-corrected chi connectivity index (χ4v) is 2.54. The number of halogens is 1. The van der Waals surface area contributed by atoms with Crippen LogP contribution in [0.2, 0.25) is 0 Å². The highest BCUT2D eigenvalue weighted by Crippen LogP contribution is 2.25. The number of furan rings is 1. The van der Waals surface area contributed by atoms with Crippen LogP contribution in [0.5, 0.6) is 0 Å². The van der Waals surface area contributed by atoms with Gasteiger partial charge >= 0.3 is 0 Å². The molecule has 3 N–H and O–H groups in total. The molecule has 2 aromatic carbocycles. The number of aryl methyl sites for hydroxylation is 3. The summed E-state index contributed by atoms with van der Waals surface area (Å²) in [5.74, 6) is 1.23. The van der Waals surface area contributed by atoms with Crippen molar-refractivity contribution in [3.63, 3.8) is 0 Å². The fraction of sp³-hybridized carbons (Fsp3) is 0.211. The number of hydrogen-bond donors (Lipinski definition) is 2. The molecular formula is C19H22IN3O. The number of benzene rings is 2. The monoisotopic (exact) mass is 435 g/mol. The molecule has 0 saturated carbocycles. The second-order valence-corrected chi connectivity index (χ2v) is 5.77. The molecule has 0 atom stereocenters. The number of aliphatic imine (C=N–C) groups is 1. The third kappa shape index (κ3) is 3.90. The van der Waals surface area contributed by atoms with Crippen molar-refractivity contribution >= 4 is 46.6 Å². The first kappa shape index (κ1) is 18.3. The van der Waals surface area contributed by atoms with Crippen molar-refractivity contribution in [2.75, 3.05) is 5.32 Å². The highest BCUT2D eigenvalue weighted by Gasteiger charge is 2.09. The van der Waals surface area contributed by atoms with Gasteiger partial charge in [-0.2, -0.15) is 0 Å². The molecule has 1 aromatic heterocycles. The van der Waals surface area contributed by atoms with E-state index in [-0.39, 0.29) is 24.0 Å². The van der Waals surface area contributed by atoms with Gasteiger partial charge < -0.3 is 15.5 Å². The molecule has 0 bridgehead atoms. The summed E-state index contributed by atoms with van der Waals surface area (Å²) in [6.07, 6.45) is 0. The van der Waals surface area contributed by atoms with Crippen molar-refractivity contribution in [1.82, 2.24) is 0 Å². The zero-order valence-electron chi connectivity index (χ0n) is 14.1. The maximum Gasteiger partial charge on any atom is 0.193 e. The minimum absolute atomic E-state index is 0. The summed E-state index contributed by atoms with van der Waals surface area (Å²) in [7, 11) is 0. The lowest BCUT2D eigenvalue weighted by Crippen LogP contribution is -2.22. The predicted molar refractivity (Wildman–Crippen MR) is 111 cm³/mol. The number of fused-ring (bicyclic) bond motifs is 1. The van der Waals surface area contributed by atoms with Crippen molar-refractivity contribution < 1.29 is 4.42 Å². The van der Waals surface area contributed by atoms with E-state index in [1.165, 1.54) is 11.1 Å². The van der Waals surface area contributed by atoms with Crippen molar-refractivity contribution in [2.45, 2.75) is 27.3 Å². The zero-order chi connectivity index (χ0) is 16.4. The smallest absolute Gasteiger partial charge is 0.193 e. The molecule has 0 unspecified atom stereocenters. The minimum Gasteiger partial charge on any atom is -0.459 e. The Labute approximate surface area is 159 Å². The molecule has 0 amide bonds. The maximum atomic E-state index is 5.98. The van der Waals surface area contributed by atoms with Gasteiger partial charge in [-0.3, -0.25) is 0 Å². The molecule has 0 fully saturated rings. The van der Waals surface area contributed by atoms with Crippen LogP contribution in [0.15, 0.2) is 51.9 Å². The summed E-state index contributed by atoms with van der Waals surface area (Å²) in [6, 6.07) is 14.1. The Kier molecular flexibility index (Phi) is 5.88. The topological polar surface area (TPSA) is 63.5 Å². The molecule has 4 nitrogen and oxygen atoms in total. The Morgan fingerprint density at radius 2 is 1.83 bits per heavy atom. The van der Waals surface area contributed by atoms with Gasteiger partial charge in [0.15, 0.2) is 5.96 Å². The molecule has 5 heteroatoms. The summed E-state index contributed by atoms with van der Waals surface area (Å²) >= 11 is 0. The van der Waals surface area contributed by atoms with E-state index in [2.05, 4.69) is 42.4 Å². The van der Waals surface area contributed by atoms with Crippen LogP contribution < -0.4 is 11.1 Å². The van der Waals surface area contributed by atoms with E-state index in [1.807, 2.05) is 31.2 Å². The van der Waals surface area contributed by atoms with Crippen LogP contribution in [0.1, 0.15) is 22.5 Å². The largest absolute Gasteiger partial charge is 0.459 e. The average molecular weight is 435 g/mol. The SMILES string of the molecule is Cc1ccc(NC(N)=NCc2oc3ccccc3c2C)cc1C.I. The molecule has 126 valence electrons. The van der Waals surface area contributed by atoms with Gasteiger partial charge in [-0.15, -0.1) is 24.0 Å². The first-order chi connectivity index (χ1) is 11.0. The Bertz CT molecular complexity index is 883.